The number of aromatic nitrogens is 2. The lowest BCUT2D eigenvalue weighted by atomic mass is 10.2. The van der Waals surface area contributed by atoms with Gasteiger partial charge in [0, 0.05) is 0 Å². The van der Waals surface area contributed by atoms with Gasteiger partial charge >= 0.3 is 0 Å². The molecule has 0 bridgehead atoms. The van der Waals surface area contributed by atoms with Gasteiger partial charge in [-0.05, 0) is 44.5 Å². The van der Waals surface area contributed by atoms with Crippen LogP contribution in [0, 0.1) is 0 Å². The lowest BCUT2D eigenvalue weighted by molar-refractivity contribution is 0.483. The maximum Gasteiger partial charge on any atom is 0.124 e. The molecule has 0 saturated carbocycles. The van der Waals surface area contributed by atoms with E-state index < -0.39 is 0 Å². The van der Waals surface area contributed by atoms with E-state index in [1.54, 1.807) is 0 Å². The van der Waals surface area contributed by atoms with E-state index in [1.165, 1.54) is 12.8 Å². The van der Waals surface area contributed by atoms with Gasteiger partial charge in [0.25, 0.3) is 0 Å². The molecule has 1 heterocycles. The highest BCUT2D eigenvalue weighted by Gasteiger charge is 2.12. The van der Waals surface area contributed by atoms with E-state index in [0.29, 0.717) is 6.04 Å². The van der Waals surface area contributed by atoms with Crippen LogP contribution in [0.2, 0.25) is 0 Å². The predicted molar refractivity (Wildman–Crippen MR) is 80.0 cm³/mol. The van der Waals surface area contributed by atoms with Crippen LogP contribution in [0.15, 0.2) is 24.3 Å². The zero-order valence-electron chi connectivity index (χ0n) is 11.7. The number of hydrogen-bond acceptors (Lipinski definition) is 3. The van der Waals surface area contributed by atoms with Gasteiger partial charge in [0.2, 0.25) is 0 Å². The molecule has 4 nitrogen and oxygen atoms in total. The summed E-state index contributed by atoms with van der Waals surface area (Å²) in [6.07, 6.45) is 4.52. The van der Waals surface area contributed by atoms with Gasteiger partial charge in [-0.1, -0.05) is 25.5 Å². The molecule has 0 aliphatic heterocycles. The average molecular weight is 260 g/mol. The molecule has 0 amide bonds. The smallest absolute Gasteiger partial charge is 0.124 e. The number of aromatic amines is 1. The Hall–Kier alpha value is -1.39. The van der Waals surface area contributed by atoms with E-state index in [2.05, 4.69) is 28.3 Å². The first-order chi connectivity index (χ1) is 9.35. The number of nitrogens with one attached hydrogen (secondary N) is 2. The molecule has 0 aliphatic carbocycles. The van der Waals surface area contributed by atoms with Gasteiger partial charge in [0.1, 0.15) is 5.82 Å². The van der Waals surface area contributed by atoms with Crippen LogP contribution in [0.5, 0.6) is 0 Å². The normalized spacial score (nSPS) is 12.9. The summed E-state index contributed by atoms with van der Waals surface area (Å²) in [7, 11) is 0. The Balaban J connectivity index is 1.93. The summed E-state index contributed by atoms with van der Waals surface area (Å²) < 4.78 is 0. The second-order valence-corrected chi connectivity index (χ2v) is 4.90. The Bertz CT molecular complexity index is 459. The van der Waals surface area contributed by atoms with E-state index in [0.717, 1.165) is 42.8 Å². The van der Waals surface area contributed by atoms with Crippen molar-refractivity contribution in [3.63, 3.8) is 0 Å². The SMILES string of the molecule is CCC(NCCCCCN)c1nc2ccccc2[nH]1. The lowest BCUT2D eigenvalue weighted by Crippen LogP contribution is -2.23. The fraction of sp³-hybridized carbons (Fsp3) is 0.533. The highest BCUT2D eigenvalue weighted by atomic mass is 15.0. The van der Waals surface area contributed by atoms with Crippen molar-refractivity contribution in [3.05, 3.63) is 30.1 Å². The van der Waals surface area contributed by atoms with E-state index in [1.807, 2.05) is 18.2 Å². The van der Waals surface area contributed by atoms with Gasteiger partial charge in [-0.3, -0.25) is 0 Å². The molecule has 1 aromatic heterocycles. The van der Waals surface area contributed by atoms with Crippen molar-refractivity contribution in [2.45, 2.75) is 38.6 Å². The minimum atomic E-state index is 0.310. The Morgan fingerprint density at radius 1 is 1.26 bits per heavy atom. The zero-order valence-corrected chi connectivity index (χ0v) is 11.7. The van der Waals surface area contributed by atoms with Crippen molar-refractivity contribution in [2.75, 3.05) is 13.1 Å². The summed E-state index contributed by atoms with van der Waals surface area (Å²) in [5.74, 6) is 1.04. The summed E-state index contributed by atoms with van der Waals surface area (Å²) in [6.45, 7) is 4.00. The molecule has 0 saturated heterocycles. The Kier molecular flexibility index (Phi) is 5.36. The van der Waals surface area contributed by atoms with Crippen molar-refractivity contribution < 1.29 is 0 Å². The summed E-state index contributed by atoms with van der Waals surface area (Å²) in [6, 6.07) is 8.48. The minimum Gasteiger partial charge on any atom is -0.341 e. The first-order valence-electron chi connectivity index (χ1n) is 7.23. The van der Waals surface area contributed by atoms with Gasteiger partial charge in [-0.2, -0.15) is 0 Å². The second kappa shape index (κ2) is 7.26. The van der Waals surface area contributed by atoms with Crippen LogP contribution < -0.4 is 11.1 Å². The third-order valence-corrected chi connectivity index (χ3v) is 3.42. The Morgan fingerprint density at radius 3 is 2.84 bits per heavy atom. The number of hydrogen-bond donors (Lipinski definition) is 3. The average Bonchev–Trinajstić information content (AvgIpc) is 2.86. The van der Waals surface area contributed by atoms with Gasteiger partial charge in [-0.15, -0.1) is 0 Å². The molecule has 19 heavy (non-hydrogen) atoms. The maximum atomic E-state index is 5.50. The minimum absolute atomic E-state index is 0.310. The van der Waals surface area contributed by atoms with Crippen molar-refractivity contribution in [1.29, 1.82) is 0 Å². The lowest BCUT2D eigenvalue weighted by Gasteiger charge is -2.14. The summed E-state index contributed by atoms with van der Waals surface area (Å²) in [5.41, 5.74) is 7.65. The molecule has 0 radical (unpaired) electrons. The van der Waals surface area contributed by atoms with Crippen LogP contribution in [0.4, 0.5) is 0 Å². The zero-order chi connectivity index (χ0) is 13.5. The highest BCUT2D eigenvalue weighted by molar-refractivity contribution is 5.74. The number of nitrogens with zero attached hydrogens (tertiary/aromatic N) is 1. The monoisotopic (exact) mass is 260 g/mol. The van der Waals surface area contributed by atoms with Crippen LogP contribution in [0.1, 0.15) is 44.5 Å². The second-order valence-electron chi connectivity index (χ2n) is 4.90. The molecule has 0 fully saturated rings. The number of imidazole rings is 1. The first-order valence-corrected chi connectivity index (χ1v) is 7.23. The molecule has 4 N–H and O–H groups in total. The van der Waals surface area contributed by atoms with Crippen molar-refractivity contribution in [2.24, 2.45) is 5.73 Å². The van der Waals surface area contributed by atoms with Gasteiger partial charge < -0.3 is 16.0 Å². The van der Waals surface area contributed by atoms with Crippen molar-refractivity contribution in [1.82, 2.24) is 15.3 Å². The third kappa shape index (κ3) is 3.78. The molecular weight excluding hydrogens is 236 g/mol. The standard InChI is InChI=1S/C15H24N4/c1-2-12(17-11-7-3-6-10-16)15-18-13-8-4-5-9-14(13)19-15/h4-5,8-9,12,17H,2-3,6-7,10-11,16H2,1H3,(H,18,19). The maximum absolute atomic E-state index is 5.50. The molecule has 2 aromatic rings. The van der Waals surface area contributed by atoms with Gasteiger partial charge in [0.15, 0.2) is 0 Å². The molecule has 1 aromatic carbocycles. The van der Waals surface area contributed by atoms with Crippen molar-refractivity contribution >= 4 is 11.0 Å². The fourth-order valence-electron chi connectivity index (χ4n) is 2.29. The summed E-state index contributed by atoms with van der Waals surface area (Å²) in [4.78, 5) is 8.07. The molecule has 104 valence electrons. The number of benzene rings is 1. The highest BCUT2D eigenvalue weighted by Crippen LogP contribution is 2.18. The largest absolute Gasteiger partial charge is 0.341 e. The van der Waals surface area contributed by atoms with E-state index in [-0.39, 0.29) is 0 Å². The molecule has 2 rings (SSSR count). The van der Waals surface area contributed by atoms with Gasteiger partial charge in [-0.25, -0.2) is 4.98 Å². The Morgan fingerprint density at radius 2 is 2.11 bits per heavy atom. The van der Waals surface area contributed by atoms with Crippen LogP contribution in [-0.2, 0) is 0 Å². The molecule has 0 aliphatic rings. The van der Waals surface area contributed by atoms with E-state index in [4.69, 9.17) is 5.73 Å². The van der Waals surface area contributed by atoms with Crippen molar-refractivity contribution in [3.8, 4) is 0 Å². The predicted octanol–water partition coefficient (Wildman–Crippen LogP) is 2.73. The van der Waals surface area contributed by atoms with E-state index >= 15 is 0 Å². The molecule has 4 heteroatoms. The quantitative estimate of drug-likeness (QED) is 0.639. The molecule has 1 unspecified atom stereocenters. The number of para-hydroxylation sites is 2. The van der Waals surface area contributed by atoms with Gasteiger partial charge in [0.05, 0.1) is 17.1 Å². The number of nitrogens with two attached hydrogens (primary N) is 1. The summed E-state index contributed by atoms with van der Waals surface area (Å²) in [5, 5.41) is 3.57. The first kappa shape index (κ1) is 14.0. The van der Waals surface area contributed by atoms with Crippen LogP contribution >= 0.6 is 0 Å². The molecule has 1 atom stereocenters. The molecular formula is C15H24N4. The number of rotatable bonds is 8. The number of fused-ring (bicyclic) bond motifs is 1. The number of unbranched alkanes of at least 4 members (excludes halogenated alkanes) is 2. The molecule has 0 spiro atoms. The van der Waals surface area contributed by atoms with Crippen LogP contribution in [-0.4, -0.2) is 23.1 Å². The Labute approximate surface area is 114 Å². The fourth-order valence-corrected chi connectivity index (χ4v) is 2.29. The van der Waals surface area contributed by atoms with Crippen LogP contribution in [0.3, 0.4) is 0 Å². The topological polar surface area (TPSA) is 66.7 Å². The van der Waals surface area contributed by atoms with E-state index in [9.17, 15) is 0 Å². The van der Waals surface area contributed by atoms with Crippen LogP contribution in [0.25, 0.3) is 11.0 Å². The third-order valence-electron chi connectivity index (χ3n) is 3.42. The number of H-pyrrole nitrogens is 1. The summed E-state index contributed by atoms with van der Waals surface area (Å²) >= 11 is 0.